The van der Waals surface area contributed by atoms with Crippen molar-refractivity contribution in [1.82, 2.24) is 14.3 Å². The number of carbonyl (C=O) groups is 2. The minimum absolute atomic E-state index is 0.160. The van der Waals surface area contributed by atoms with Crippen LogP contribution >= 0.6 is 11.3 Å². The Hall–Kier alpha value is -2.99. The summed E-state index contributed by atoms with van der Waals surface area (Å²) in [6, 6.07) is 15.1. The summed E-state index contributed by atoms with van der Waals surface area (Å²) >= 11 is 1.66. The van der Waals surface area contributed by atoms with Crippen molar-refractivity contribution in [2.24, 2.45) is 0 Å². The predicted molar refractivity (Wildman–Crippen MR) is 103 cm³/mol. The van der Waals surface area contributed by atoms with Crippen molar-refractivity contribution in [3.63, 3.8) is 0 Å². The summed E-state index contributed by atoms with van der Waals surface area (Å²) in [7, 11) is 0. The van der Waals surface area contributed by atoms with Crippen molar-refractivity contribution in [3.8, 4) is 0 Å². The number of nitrogens with zero attached hydrogens (tertiary/aromatic N) is 3. The molecule has 3 heterocycles. The first-order valence-corrected chi connectivity index (χ1v) is 9.34. The first kappa shape index (κ1) is 16.5. The van der Waals surface area contributed by atoms with Crippen molar-refractivity contribution in [2.75, 3.05) is 6.54 Å². The van der Waals surface area contributed by atoms with E-state index in [0.29, 0.717) is 17.7 Å². The summed E-state index contributed by atoms with van der Waals surface area (Å²) < 4.78 is 2.11. The SMILES string of the molecule is CCCN1C(=O)c2ccccc2C1=O.c1ccc2c(c1)nc1sccn12. The summed E-state index contributed by atoms with van der Waals surface area (Å²) in [6.07, 6.45) is 2.85. The third-order valence-electron chi connectivity index (χ3n) is 4.27. The molecule has 6 heteroatoms. The zero-order chi connectivity index (χ0) is 18.1. The number of imide groups is 1. The van der Waals surface area contributed by atoms with Gasteiger partial charge in [0.2, 0.25) is 0 Å². The Kier molecular flexibility index (Phi) is 4.26. The molecular weight excluding hydrogens is 346 g/mol. The molecule has 1 aliphatic heterocycles. The molecule has 2 aromatic carbocycles. The number of para-hydroxylation sites is 2. The molecule has 0 bridgehead atoms. The Bertz CT molecular complexity index is 1080. The fraction of sp³-hybridized carbons (Fsp3) is 0.150. The smallest absolute Gasteiger partial charge is 0.261 e. The second-order valence-electron chi connectivity index (χ2n) is 5.96. The lowest BCUT2D eigenvalue weighted by Gasteiger charge is -2.11. The van der Waals surface area contributed by atoms with E-state index in [0.717, 1.165) is 16.9 Å². The summed E-state index contributed by atoms with van der Waals surface area (Å²) in [5, 5.41) is 2.05. The van der Waals surface area contributed by atoms with Gasteiger partial charge in [0.1, 0.15) is 0 Å². The Labute approximate surface area is 154 Å². The van der Waals surface area contributed by atoms with E-state index in [-0.39, 0.29) is 11.8 Å². The predicted octanol–water partition coefficient (Wildman–Crippen LogP) is 4.24. The summed E-state index contributed by atoms with van der Waals surface area (Å²) in [5.74, 6) is -0.320. The number of hydrogen-bond donors (Lipinski definition) is 0. The average Bonchev–Trinajstić information content (AvgIpc) is 3.32. The molecule has 1 aliphatic rings. The van der Waals surface area contributed by atoms with Gasteiger partial charge in [-0.2, -0.15) is 0 Å². The quantitative estimate of drug-likeness (QED) is 0.501. The van der Waals surface area contributed by atoms with Gasteiger partial charge in [-0.15, -0.1) is 11.3 Å². The van der Waals surface area contributed by atoms with Gasteiger partial charge < -0.3 is 0 Å². The maximum absolute atomic E-state index is 11.7. The Morgan fingerprint density at radius 2 is 1.62 bits per heavy atom. The van der Waals surface area contributed by atoms with Crippen molar-refractivity contribution in [1.29, 1.82) is 0 Å². The lowest BCUT2D eigenvalue weighted by molar-refractivity contribution is 0.0654. The van der Waals surface area contributed by atoms with Crippen LogP contribution in [0.25, 0.3) is 16.0 Å². The fourth-order valence-corrected chi connectivity index (χ4v) is 3.80. The number of aromatic nitrogens is 2. The molecule has 0 unspecified atom stereocenters. The van der Waals surface area contributed by atoms with E-state index in [1.165, 1.54) is 10.4 Å². The van der Waals surface area contributed by atoms with Crippen LogP contribution < -0.4 is 0 Å². The number of hydrogen-bond acceptors (Lipinski definition) is 4. The maximum atomic E-state index is 11.7. The zero-order valence-corrected chi connectivity index (χ0v) is 15.1. The van der Waals surface area contributed by atoms with E-state index in [4.69, 9.17) is 0 Å². The van der Waals surface area contributed by atoms with Crippen LogP contribution in [-0.4, -0.2) is 32.6 Å². The molecule has 26 heavy (non-hydrogen) atoms. The lowest BCUT2D eigenvalue weighted by atomic mass is 10.1. The summed E-state index contributed by atoms with van der Waals surface area (Å²) in [6.45, 7) is 2.45. The number of rotatable bonds is 2. The van der Waals surface area contributed by atoms with Crippen LogP contribution in [0, 0.1) is 0 Å². The average molecular weight is 363 g/mol. The monoisotopic (exact) mass is 363 g/mol. The van der Waals surface area contributed by atoms with E-state index in [2.05, 4.69) is 27.0 Å². The number of imidazole rings is 1. The molecule has 4 aromatic rings. The molecule has 2 aromatic heterocycles. The third-order valence-corrected chi connectivity index (χ3v) is 5.03. The highest BCUT2D eigenvalue weighted by Gasteiger charge is 2.33. The largest absolute Gasteiger partial charge is 0.290 e. The standard InChI is InChI=1S/C11H11NO2.C9H6N2S/c1-2-7-12-10(13)8-5-3-4-6-9(8)11(12)14;1-2-4-8-7(3-1)10-9-11(8)5-6-12-9/h3-6H,2,7H2,1H3;1-6H. The van der Waals surface area contributed by atoms with E-state index in [1.54, 1.807) is 35.6 Å². The molecular formula is C20H17N3O2S. The van der Waals surface area contributed by atoms with Gasteiger partial charge in [0, 0.05) is 18.1 Å². The minimum atomic E-state index is -0.160. The van der Waals surface area contributed by atoms with Crippen LogP contribution in [0.3, 0.4) is 0 Å². The highest BCUT2D eigenvalue weighted by molar-refractivity contribution is 7.15. The van der Waals surface area contributed by atoms with Gasteiger partial charge >= 0.3 is 0 Å². The molecule has 0 radical (unpaired) electrons. The molecule has 0 atom stereocenters. The number of fused-ring (bicyclic) bond motifs is 4. The van der Waals surface area contributed by atoms with Gasteiger partial charge in [0.25, 0.3) is 11.8 Å². The number of carbonyl (C=O) groups excluding carboxylic acids is 2. The van der Waals surface area contributed by atoms with Crippen molar-refractivity contribution in [3.05, 3.63) is 71.2 Å². The molecule has 0 aliphatic carbocycles. The van der Waals surface area contributed by atoms with E-state index >= 15 is 0 Å². The molecule has 2 amide bonds. The Balaban J connectivity index is 0.000000130. The molecule has 5 rings (SSSR count). The van der Waals surface area contributed by atoms with Crippen LogP contribution in [0.2, 0.25) is 0 Å². The highest BCUT2D eigenvalue weighted by atomic mass is 32.1. The number of thiazole rings is 1. The van der Waals surface area contributed by atoms with Gasteiger partial charge in [-0.1, -0.05) is 31.2 Å². The van der Waals surface area contributed by atoms with Gasteiger partial charge in [-0.05, 0) is 30.7 Å². The topological polar surface area (TPSA) is 54.7 Å². The van der Waals surface area contributed by atoms with E-state index in [9.17, 15) is 9.59 Å². The Morgan fingerprint density at radius 1 is 0.962 bits per heavy atom. The molecule has 0 saturated heterocycles. The Morgan fingerprint density at radius 3 is 2.31 bits per heavy atom. The van der Waals surface area contributed by atoms with Crippen LogP contribution in [0.5, 0.6) is 0 Å². The van der Waals surface area contributed by atoms with Crippen LogP contribution in [0.1, 0.15) is 34.1 Å². The first-order chi connectivity index (χ1) is 12.7. The van der Waals surface area contributed by atoms with Gasteiger partial charge in [-0.3, -0.25) is 18.9 Å². The molecule has 0 N–H and O–H groups in total. The summed E-state index contributed by atoms with van der Waals surface area (Å²) in [5.41, 5.74) is 3.33. The normalized spacial score (nSPS) is 13.2. The maximum Gasteiger partial charge on any atom is 0.261 e. The van der Waals surface area contributed by atoms with Crippen molar-refractivity contribution < 1.29 is 9.59 Å². The van der Waals surface area contributed by atoms with Gasteiger partial charge in [-0.25, -0.2) is 4.98 Å². The first-order valence-electron chi connectivity index (χ1n) is 8.46. The molecule has 0 saturated carbocycles. The molecule has 5 nitrogen and oxygen atoms in total. The van der Waals surface area contributed by atoms with Crippen LogP contribution in [0.15, 0.2) is 60.1 Å². The second kappa shape index (κ2) is 6.72. The molecule has 130 valence electrons. The van der Waals surface area contributed by atoms with Crippen LogP contribution in [0.4, 0.5) is 0 Å². The van der Waals surface area contributed by atoms with Gasteiger partial charge in [0.15, 0.2) is 4.96 Å². The van der Waals surface area contributed by atoms with Gasteiger partial charge in [0.05, 0.1) is 22.2 Å². The van der Waals surface area contributed by atoms with E-state index < -0.39 is 0 Å². The number of benzene rings is 2. The van der Waals surface area contributed by atoms with Crippen LogP contribution in [-0.2, 0) is 0 Å². The third kappa shape index (κ3) is 2.68. The highest BCUT2D eigenvalue weighted by Crippen LogP contribution is 2.22. The minimum Gasteiger partial charge on any atom is -0.290 e. The number of amides is 2. The summed E-state index contributed by atoms with van der Waals surface area (Å²) in [4.78, 5) is 30.2. The molecule has 0 fully saturated rings. The van der Waals surface area contributed by atoms with E-state index in [1.807, 2.05) is 25.1 Å². The zero-order valence-electron chi connectivity index (χ0n) is 14.3. The van der Waals surface area contributed by atoms with Crippen molar-refractivity contribution >= 4 is 39.1 Å². The van der Waals surface area contributed by atoms with Crippen molar-refractivity contribution in [2.45, 2.75) is 13.3 Å². The fourth-order valence-electron chi connectivity index (χ4n) is 3.07. The second-order valence-corrected chi connectivity index (χ2v) is 6.84. The molecule has 0 spiro atoms. The lowest BCUT2D eigenvalue weighted by Crippen LogP contribution is -2.30.